The van der Waals surface area contributed by atoms with Crippen LogP contribution in [0, 0.1) is 0 Å². The third-order valence-corrected chi connectivity index (χ3v) is 9.37. The van der Waals surface area contributed by atoms with Crippen LogP contribution in [0.2, 0.25) is 13.1 Å². The van der Waals surface area contributed by atoms with Crippen molar-refractivity contribution < 1.29 is 0 Å². The average Bonchev–Trinajstić information content (AvgIpc) is 3.15. The minimum Gasteiger partial charge on any atom is -0.255 e. The van der Waals surface area contributed by atoms with Gasteiger partial charge in [-0.25, -0.2) is 0 Å². The third-order valence-electron chi connectivity index (χ3n) is 5.77. The SMILES string of the molecule is C[Si]1(C)C(c2ccc(-c3ccccn3)nc2)=CC=C1c1ccc(-c2ccccn2)nc1. The number of rotatable bonds is 4. The summed E-state index contributed by atoms with van der Waals surface area (Å²) in [6.07, 6.45) is 12.1. The van der Waals surface area contributed by atoms with Gasteiger partial charge in [0.1, 0.15) is 8.07 Å². The van der Waals surface area contributed by atoms with E-state index >= 15 is 0 Å². The Kier molecular flexibility index (Phi) is 4.88. The molecule has 4 aromatic rings. The number of nitrogens with zero attached hydrogens (tertiary/aromatic N) is 4. The van der Waals surface area contributed by atoms with Crippen molar-refractivity contribution in [1.29, 1.82) is 0 Å². The summed E-state index contributed by atoms with van der Waals surface area (Å²) in [5, 5.41) is 2.77. The van der Waals surface area contributed by atoms with Gasteiger partial charge in [-0.2, -0.15) is 0 Å². The van der Waals surface area contributed by atoms with E-state index in [1.54, 1.807) is 12.4 Å². The fourth-order valence-electron chi connectivity index (χ4n) is 4.08. The van der Waals surface area contributed by atoms with Crippen LogP contribution < -0.4 is 0 Å². The van der Waals surface area contributed by atoms with Crippen LogP contribution in [0.25, 0.3) is 33.2 Å². The van der Waals surface area contributed by atoms with E-state index in [-0.39, 0.29) is 0 Å². The zero-order valence-corrected chi connectivity index (χ0v) is 18.5. The van der Waals surface area contributed by atoms with Crippen molar-refractivity contribution in [2.75, 3.05) is 0 Å². The molecule has 31 heavy (non-hydrogen) atoms. The number of hydrogen-bond donors (Lipinski definition) is 0. The van der Waals surface area contributed by atoms with E-state index in [9.17, 15) is 0 Å². The van der Waals surface area contributed by atoms with E-state index in [1.807, 2.05) is 48.8 Å². The van der Waals surface area contributed by atoms with Crippen molar-refractivity contribution in [3.8, 4) is 22.8 Å². The molecule has 0 radical (unpaired) electrons. The van der Waals surface area contributed by atoms with Crippen LogP contribution in [0.4, 0.5) is 0 Å². The zero-order valence-electron chi connectivity index (χ0n) is 17.5. The van der Waals surface area contributed by atoms with Crippen molar-refractivity contribution in [1.82, 2.24) is 19.9 Å². The van der Waals surface area contributed by atoms with Crippen molar-refractivity contribution in [3.63, 3.8) is 0 Å². The molecule has 0 bridgehead atoms. The van der Waals surface area contributed by atoms with Crippen LogP contribution in [-0.2, 0) is 0 Å². The van der Waals surface area contributed by atoms with Crippen LogP contribution in [-0.4, -0.2) is 28.0 Å². The number of pyridine rings is 4. The Bertz CT molecular complexity index is 1160. The molecule has 0 fully saturated rings. The summed E-state index contributed by atoms with van der Waals surface area (Å²) in [5.41, 5.74) is 5.93. The van der Waals surface area contributed by atoms with E-state index in [1.165, 1.54) is 21.5 Å². The highest BCUT2D eigenvalue weighted by Gasteiger charge is 2.35. The Morgan fingerprint density at radius 1 is 0.516 bits per heavy atom. The Hall–Kier alpha value is -3.70. The highest BCUT2D eigenvalue weighted by Crippen LogP contribution is 2.41. The van der Waals surface area contributed by atoms with Gasteiger partial charge >= 0.3 is 0 Å². The quantitative estimate of drug-likeness (QED) is 0.389. The van der Waals surface area contributed by atoms with Crippen molar-refractivity contribution in [2.45, 2.75) is 13.1 Å². The summed E-state index contributed by atoms with van der Waals surface area (Å²) in [7, 11) is -1.86. The van der Waals surface area contributed by atoms with Gasteiger partial charge in [0.15, 0.2) is 0 Å². The molecule has 0 aliphatic carbocycles. The highest BCUT2D eigenvalue weighted by molar-refractivity contribution is 7.09. The summed E-state index contributed by atoms with van der Waals surface area (Å²) < 4.78 is 0. The van der Waals surface area contributed by atoms with E-state index in [0.29, 0.717) is 0 Å². The van der Waals surface area contributed by atoms with Gasteiger partial charge in [0, 0.05) is 24.8 Å². The van der Waals surface area contributed by atoms with Crippen LogP contribution in [0.3, 0.4) is 0 Å². The first-order chi connectivity index (χ1) is 15.1. The molecule has 0 amide bonds. The van der Waals surface area contributed by atoms with Crippen molar-refractivity contribution in [3.05, 3.63) is 109 Å². The first-order valence-corrected chi connectivity index (χ1v) is 13.3. The van der Waals surface area contributed by atoms with Gasteiger partial charge < -0.3 is 0 Å². The Morgan fingerprint density at radius 2 is 0.968 bits per heavy atom. The molecule has 4 nitrogen and oxygen atoms in total. The summed E-state index contributed by atoms with van der Waals surface area (Å²) in [6.45, 7) is 4.77. The number of aromatic nitrogens is 4. The molecule has 0 aromatic carbocycles. The topological polar surface area (TPSA) is 51.6 Å². The smallest absolute Gasteiger partial charge is 0.113 e. The van der Waals surface area contributed by atoms with E-state index in [2.05, 4.69) is 69.4 Å². The molecule has 0 saturated carbocycles. The standard InChI is InChI=1S/C26H22N4Si/c1-31(2)25(19-9-11-23(29-17-19)21-7-3-5-15-27-21)13-14-26(31)20-10-12-24(30-18-20)22-8-4-6-16-28-22/h3-18H,1-2H3. The van der Waals surface area contributed by atoms with Gasteiger partial charge in [-0.15, -0.1) is 0 Å². The number of hydrogen-bond acceptors (Lipinski definition) is 4. The molecule has 150 valence electrons. The summed E-state index contributed by atoms with van der Waals surface area (Å²) >= 11 is 0. The predicted octanol–water partition coefficient (Wildman–Crippen LogP) is 5.87. The molecule has 1 aliphatic heterocycles. The third kappa shape index (κ3) is 3.64. The maximum absolute atomic E-state index is 4.68. The highest BCUT2D eigenvalue weighted by atomic mass is 28.3. The lowest BCUT2D eigenvalue weighted by molar-refractivity contribution is 1.24. The van der Waals surface area contributed by atoms with E-state index in [0.717, 1.165) is 22.8 Å². The average molecular weight is 419 g/mol. The Labute approximate surface area is 183 Å². The lowest BCUT2D eigenvalue weighted by Crippen LogP contribution is -2.28. The zero-order chi connectivity index (χ0) is 21.3. The molecule has 0 N–H and O–H groups in total. The molecule has 5 heterocycles. The molecule has 0 spiro atoms. The lowest BCUT2D eigenvalue weighted by Gasteiger charge is -2.25. The maximum Gasteiger partial charge on any atom is 0.113 e. The van der Waals surface area contributed by atoms with Crippen molar-refractivity contribution >= 4 is 18.5 Å². The summed E-state index contributed by atoms with van der Waals surface area (Å²) in [6, 6.07) is 20.2. The van der Waals surface area contributed by atoms with E-state index < -0.39 is 8.07 Å². The molecule has 4 aromatic heterocycles. The van der Waals surface area contributed by atoms with Gasteiger partial charge in [0.25, 0.3) is 0 Å². The first-order valence-electron chi connectivity index (χ1n) is 10.3. The Morgan fingerprint density at radius 3 is 1.32 bits per heavy atom. The van der Waals surface area contributed by atoms with Crippen LogP contribution in [0.5, 0.6) is 0 Å². The molecule has 1 aliphatic rings. The molecular weight excluding hydrogens is 396 g/mol. The molecule has 5 rings (SSSR count). The fourth-order valence-corrected chi connectivity index (χ4v) is 7.11. The normalized spacial score (nSPS) is 14.8. The predicted molar refractivity (Wildman–Crippen MR) is 128 cm³/mol. The van der Waals surface area contributed by atoms with E-state index in [4.69, 9.17) is 0 Å². The monoisotopic (exact) mass is 418 g/mol. The van der Waals surface area contributed by atoms with Gasteiger partial charge in [-0.05, 0) is 57.9 Å². The Balaban J connectivity index is 1.39. The summed E-state index contributed by atoms with van der Waals surface area (Å²) in [4.78, 5) is 18.1. The van der Waals surface area contributed by atoms with Gasteiger partial charge in [-0.3, -0.25) is 19.9 Å². The second kappa shape index (κ2) is 7.85. The van der Waals surface area contributed by atoms with Crippen LogP contribution >= 0.6 is 0 Å². The first kappa shape index (κ1) is 19.3. The molecule has 0 unspecified atom stereocenters. The fraction of sp³-hybridized carbons (Fsp3) is 0.0769. The summed E-state index contributed by atoms with van der Waals surface area (Å²) in [5.74, 6) is 0. The van der Waals surface area contributed by atoms with Crippen molar-refractivity contribution in [2.24, 2.45) is 0 Å². The van der Waals surface area contributed by atoms with Gasteiger partial charge in [0.2, 0.25) is 0 Å². The minimum absolute atomic E-state index is 0.892. The molecule has 0 saturated heterocycles. The molecule has 0 atom stereocenters. The van der Waals surface area contributed by atoms with Gasteiger partial charge in [-0.1, -0.05) is 49.5 Å². The molecular formula is C26H22N4Si. The molecule has 5 heteroatoms. The second-order valence-electron chi connectivity index (χ2n) is 8.08. The minimum atomic E-state index is -1.86. The van der Waals surface area contributed by atoms with Gasteiger partial charge in [0.05, 0.1) is 22.8 Å². The largest absolute Gasteiger partial charge is 0.255 e. The van der Waals surface area contributed by atoms with Crippen LogP contribution in [0.1, 0.15) is 11.1 Å². The maximum atomic E-state index is 4.68. The number of allylic oxidation sites excluding steroid dienone is 2. The lowest BCUT2D eigenvalue weighted by atomic mass is 10.2. The van der Waals surface area contributed by atoms with Crippen LogP contribution in [0.15, 0.2) is 97.6 Å². The second-order valence-corrected chi connectivity index (χ2v) is 12.4.